The zero-order chi connectivity index (χ0) is 15.0. The third-order valence-corrected chi connectivity index (χ3v) is 4.08. The van der Waals surface area contributed by atoms with E-state index in [4.69, 9.17) is 0 Å². The fraction of sp³-hybridized carbons (Fsp3) is 0.312. The van der Waals surface area contributed by atoms with Gasteiger partial charge in [-0.2, -0.15) is 0 Å². The van der Waals surface area contributed by atoms with Crippen molar-refractivity contribution in [1.82, 2.24) is 4.57 Å². The average molecular weight is 284 g/mol. The second-order valence-electron chi connectivity index (χ2n) is 5.46. The molecule has 0 radical (unpaired) electrons. The van der Waals surface area contributed by atoms with Gasteiger partial charge in [-0.1, -0.05) is 12.1 Å². The van der Waals surface area contributed by atoms with Crippen LogP contribution >= 0.6 is 0 Å². The van der Waals surface area contributed by atoms with Crippen LogP contribution in [0.1, 0.15) is 39.9 Å². The number of ketones is 1. The first-order valence-electron chi connectivity index (χ1n) is 7.01. The Morgan fingerprint density at radius 1 is 1.29 bits per heavy atom. The molecular weight excluding hydrogens is 268 g/mol. The van der Waals surface area contributed by atoms with E-state index in [-0.39, 0.29) is 16.4 Å². The molecule has 3 rings (SSSR count). The molecule has 0 spiro atoms. The number of hydrogen-bond acceptors (Lipinski definition) is 3. The minimum absolute atomic E-state index is 0.139. The van der Waals surface area contributed by atoms with E-state index < -0.39 is 0 Å². The molecule has 21 heavy (non-hydrogen) atoms. The van der Waals surface area contributed by atoms with E-state index in [2.05, 4.69) is 0 Å². The minimum atomic E-state index is -0.358. The maximum absolute atomic E-state index is 11.9. The maximum Gasteiger partial charge on any atom is 0.272 e. The van der Waals surface area contributed by atoms with Crippen molar-refractivity contribution in [3.8, 4) is 0 Å². The fourth-order valence-electron chi connectivity index (χ4n) is 2.91. The molecule has 0 aliphatic heterocycles. The number of fused-ring (bicyclic) bond motifs is 1. The molecule has 1 aromatic heterocycles. The molecular formula is C16H16N2O3. The number of hydrogen-bond donors (Lipinski definition) is 0. The Morgan fingerprint density at radius 3 is 2.81 bits per heavy atom. The van der Waals surface area contributed by atoms with Crippen LogP contribution in [0.5, 0.6) is 0 Å². The van der Waals surface area contributed by atoms with Crippen LogP contribution in [0.4, 0.5) is 5.69 Å². The number of nitrogens with zero attached hydrogens (tertiary/aromatic N) is 2. The van der Waals surface area contributed by atoms with Gasteiger partial charge >= 0.3 is 0 Å². The van der Waals surface area contributed by atoms with Crippen LogP contribution in [-0.4, -0.2) is 15.3 Å². The van der Waals surface area contributed by atoms with Crippen LogP contribution in [0.25, 0.3) is 0 Å². The van der Waals surface area contributed by atoms with Crippen LogP contribution in [0.3, 0.4) is 0 Å². The Balaban J connectivity index is 1.93. The van der Waals surface area contributed by atoms with Gasteiger partial charge < -0.3 is 4.57 Å². The highest BCUT2D eigenvalue weighted by molar-refractivity contribution is 5.98. The molecule has 1 aromatic carbocycles. The number of aromatic nitrogens is 1. The van der Waals surface area contributed by atoms with Crippen molar-refractivity contribution in [2.24, 2.45) is 0 Å². The SMILES string of the molecule is Cc1c(Cn2cc3c(c2)C(=O)CCC3)cccc1[N+](=O)[O-]. The summed E-state index contributed by atoms with van der Waals surface area (Å²) >= 11 is 0. The number of rotatable bonds is 3. The Kier molecular flexibility index (Phi) is 3.33. The zero-order valence-electron chi connectivity index (χ0n) is 11.8. The Bertz CT molecular complexity index is 731. The van der Waals surface area contributed by atoms with E-state index >= 15 is 0 Å². The highest BCUT2D eigenvalue weighted by atomic mass is 16.6. The van der Waals surface area contributed by atoms with Gasteiger partial charge in [0.05, 0.1) is 4.92 Å². The predicted molar refractivity (Wildman–Crippen MR) is 78.6 cm³/mol. The first kappa shape index (κ1) is 13.5. The van der Waals surface area contributed by atoms with Crippen LogP contribution in [-0.2, 0) is 13.0 Å². The van der Waals surface area contributed by atoms with Crippen molar-refractivity contribution in [3.63, 3.8) is 0 Å². The molecule has 0 saturated heterocycles. The normalized spacial score (nSPS) is 14.0. The summed E-state index contributed by atoms with van der Waals surface area (Å²) in [6, 6.07) is 5.11. The number of benzene rings is 1. The maximum atomic E-state index is 11.9. The second kappa shape index (κ2) is 5.16. The number of carbonyl (C=O) groups is 1. The molecule has 0 saturated carbocycles. The van der Waals surface area contributed by atoms with Gasteiger partial charge in [0.25, 0.3) is 5.69 Å². The number of carbonyl (C=O) groups excluding carboxylic acids is 1. The highest BCUT2D eigenvalue weighted by Gasteiger charge is 2.20. The van der Waals surface area contributed by atoms with Gasteiger partial charge in [-0.05, 0) is 30.9 Å². The lowest BCUT2D eigenvalue weighted by Gasteiger charge is -2.07. The van der Waals surface area contributed by atoms with Crippen molar-refractivity contribution in [2.75, 3.05) is 0 Å². The molecule has 0 amide bonds. The van der Waals surface area contributed by atoms with Gasteiger partial charge in [0.15, 0.2) is 5.78 Å². The first-order valence-corrected chi connectivity index (χ1v) is 7.01. The Hall–Kier alpha value is -2.43. The molecule has 108 valence electrons. The van der Waals surface area contributed by atoms with Crippen molar-refractivity contribution in [1.29, 1.82) is 0 Å². The fourth-order valence-corrected chi connectivity index (χ4v) is 2.91. The molecule has 0 bridgehead atoms. The number of nitro groups is 1. The third kappa shape index (κ3) is 2.46. The summed E-state index contributed by atoms with van der Waals surface area (Å²) in [6.45, 7) is 2.32. The van der Waals surface area contributed by atoms with E-state index in [0.717, 1.165) is 29.5 Å². The number of nitro benzene ring substituents is 1. The van der Waals surface area contributed by atoms with E-state index in [1.807, 2.05) is 23.0 Å². The lowest BCUT2D eigenvalue weighted by atomic mass is 9.95. The monoisotopic (exact) mass is 284 g/mol. The van der Waals surface area contributed by atoms with Crippen LogP contribution in [0, 0.1) is 17.0 Å². The van der Waals surface area contributed by atoms with Crippen molar-refractivity contribution in [3.05, 3.63) is 63.0 Å². The lowest BCUT2D eigenvalue weighted by Crippen LogP contribution is -2.07. The second-order valence-corrected chi connectivity index (χ2v) is 5.46. The van der Waals surface area contributed by atoms with Crippen molar-refractivity contribution in [2.45, 2.75) is 32.7 Å². The van der Waals surface area contributed by atoms with Crippen LogP contribution in [0.15, 0.2) is 30.6 Å². The largest absolute Gasteiger partial charge is 0.349 e. The topological polar surface area (TPSA) is 65.1 Å². The van der Waals surface area contributed by atoms with Gasteiger partial charge in [-0.3, -0.25) is 14.9 Å². The highest BCUT2D eigenvalue weighted by Crippen LogP contribution is 2.25. The van der Waals surface area contributed by atoms with Gasteiger partial charge in [0.2, 0.25) is 0 Å². The van der Waals surface area contributed by atoms with E-state index in [1.165, 1.54) is 6.07 Å². The van der Waals surface area contributed by atoms with Gasteiger partial charge in [0, 0.05) is 42.6 Å². The minimum Gasteiger partial charge on any atom is -0.349 e. The summed E-state index contributed by atoms with van der Waals surface area (Å²) < 4.78 is 1.96. The Morgan fingerprint density at radius 2 is 2.10 bits per heavy atom. The number of Topliss-reactive ketones (excluding diaryl/α,β-unsaturated/α-hetero) is 1. The predicted octanol–water partition coefficient (Wildman–Crippen LogP) is 3.27. The van der Waals surface area contributed by atoms with E-state index in [9.17, 15) is 14.9 Å². The van der Waals surface area contributed by atoms with Crippen LogP contribution < -0.4 is 0 Å². The smallest absolute Gasteiger partial charge is 0.272 e. The summed E-state index contributed by atoms with van der Waals surface area (Å²) in [7, 11) is 0. The quantitative estimate of drug-likeness (QED) is 0.641. The molecule has 0 atom stereocenters. The van der Waals surface area contributed by atoms with Crippen molar-refractivity contribution < 1.29 is 9.72 Å². The summed E-state index contributed by atoms with van der Waals surface area (Å²) in [5, 5.41) is 11.0. The standard InChI is InChI=1S/C16H16N2O3/c1-11-12(4-2-6-15(11)18(20)21)8-17-9-13-5-3-7-16(19)14(13)10-17/h2,4,6,9-10H,3,5,7-8H2,1H3. The zero-order valence-corrected chi connectivity index (χ0v) is 11.8. The lowest BCUT2D eigenvalue weighted by molar-refractivity contribution is -0.385. The Labute approximate surface area is 122 Å². The molecule has 5 nitrogen and oxygen atoms in total. The molecule has 5 heteroatoms. The van der Waals surface area contributed by atoms with Gasteiger partial charge in [-0.15, -0.1) is 0 Å². The third-order valence-electron chi connectivity index (χ3n) is 4.08. The molecule has 0 unspecified atom stereocenters. The summed E-state index contributed by atoms with van der Waals surface area (Å²) in [6.07, 6.45) is 6.32. The van der Waals surface area contributed by atoms with E-state index in [1.54, 1.807) is 13.0 Å². The summed E-state index contributed by atoms with van der Waals surface area (Å²) in [5.74, 6) is 0.200. The molecule has 1 heterocycles. The average Bonchev–Trinajstić information content (AvgIpc) is 2.85. The summed E-state index contributed by atoms with van der Waals surface area (Å²) in [4.78, 5) is 22.5. The van der Waals surface area contributed by atoms with E-state index in [0.29, 0.717) is 18.5 Å². The molecule has 0 N–H and O–H groups in total. The van der Waals surface area contributed by atoms with Gasteiger partial charge in [-0.25, -0.2) is 0 Å². The molecule has 1 aliphatic rings. The molecule has 2 aromatic rings. The van der Waals surface area contributed by atoms with Gasteiger partial charge in [0.1, 0.15) is 0 Å². The number of aryl methyl sites for hydroxylation is 1. The first-order chi connectivity index (χ1) is 10.1. The molecule has 1 aliphatic carbocycles. The summed E-state index contributed by atoms with van der Waals surface area (Å²) in [5.41, 5.74) is 3.63. The van der Waals surface area contributed by atoms with Crippen molar-refractivity contribution >= 4 is 11.5 Å². The van der Waals surface area contributed by atoms with Crippen LogP contribution in [0.2, 0.25) is 0 Å². The molecule has 0 fully saturated rings.